The van der Waals surface area contributed by atoms with E-state index in [4.69, 9.17) is 9.47 Å². The lowest BCUT2D eigenvalue weighted by atomic mass is 10.1. The smallest absolute Gasteiger partial charge is 0.251 e. The molecule has 2 aromatic rings. The summed E-state index contributed by atoms with van der Waals surface area (Å²) < 4.78 is 10.7. The van der Waals surface area contributed by atoms with Crippen LogP contribution in [0.1, 0.15) is 28.4 Å². The van der Waals surface area contributed by atoms with E-state index in [9.17, 15) is 4.79 Å². The molecule has 0 heterocycles. The number of aryl methyl sites for hydroxylation is 1. The van der Waals surface area contributed by atoms with Gasteiger partial charge in [-0.15, -0.1) is 0 Å². The summed E-state index contributed by atoms with van der Waals surface area (Å²) in [6.07, 6.45) is 0. The van der Waals surface area contributed by atoms with Gasteiger partial charge in [0.05, 0.1) is 13.7 Å². The van der Waals surface area contributed by atoms with Gasteiger partial charge in [-0.3, -0.25) is 4.79 Å². The fourth-order valence-electron chi connectivity index (χ4n) is 2.17. The molecule has 0 saturated heterocycles. The molecule has 1 amide bonds. The summed E-state index contributed by atoms with van der Waals surface area (Å²) >= 11 is 0. The highest BCUT2D eigenvalue weighted by Gasteiger charge is 2.11. The van der Waals surface area contributed by atoms with Gasteiger partial charge in [0.1, 0.15) is 0 Å². The van der Waals surface area contributed by atoms with Crippen molar-refractivity contribution in [3.05, 3.63) is 59.2 Å². The van der Waals surface area contributed by atoms with Crippen molar-refractivity contribution >= 4 is 5.91 Å². The molecular formula is C18H21NO3. The first-order valence-corrected chi connectivity index (χ1v) is 7.29. The van der Waals surface area contributed by atoms with Gasteiger partial charge in [-0.05, 0) is 43.2 Å². The summed E-state index contributed by atoms with van der Waals surface area (Å²) in [6.45, 7) is 4.99. The Morgan fingerprint density at radius 1 is 1.14 bits per heavy atom. The lowest BCUT2D eigenvalue weighted by molar-refractivity contribution is 0.0950. The van der Waals surface area contributed by atoms with Crippen molar-refractivity contribution < 1.29 is 14.3 Å². The van der Waals surface area contributed by atoms with Crippen LogP contribution in [-0.4, -0.2) is 19.6 Å². The molecule has 0 radical (unpaired) electrons. The van der Waals surface area contributed by atoms with E-state index in [0.29, 0.717) is 30.2 Å². The van der Waals surface area contributed by atoms with Gasteiger partial charge in [-0.2, -0.15) is 0 Å². The van der Waals surface area contributed by atoms with E-state index < -0.39 is 0 Å². The number of rotatable bonds is 6. The number of carbonyl (C=O) groups is 1. The molecule has 116 valence electrons. The highest BCUT2D eigenvalue weighted by Crippen LogP contribution is 2.28. The zero-order valence-electron chi connectivity index (χ0n) is 13.2. The van der Waals surface area contributed by atoms with Crippen molar-refractivity contribution in [2.24, 2.45) is 0 Å². The fraction of sp³-hybridized carbons (Fsp3) is 0.278. The predicted octanol–water partition coefficient (Wildman–Crippen LogP) is 3.33. The van der Waals surface area contributed by atoms with E-state index in [1.54, 1.807) is 25.3 Å². The second-order valence-electron chi connectivity index (χ2n) is 4.91. The molecular weight excluding hydrogens is 278 g/mol. The Morgan fingerprint density at radius 3 is 2.59 bits per heavy atom. The first kappa shape index (κ1) is 15.9. The van der Waals surface area contributed by atoms with Gasteiger partial charge in [0.2, 0.25) is 0 Å². The Kier molecular flexibility index (Phi) is 5.42. The van der Waals surface area contributed by atoms with Crippen LogP contribution in [0.25, 0.3) is 0 Å². The molecule has 2 aromatic carbocycles. The van der Waals surface area contributed by atoms with Crippen LogP contribution in [0.5, 0.6) is 11.5 Å². The molecule has 0 aliphatic carbocycles. The van der Waals surface area contributed by atoms with E-state index in [1.807, 2.05) is 38.1 Å². The maximum absolute atomic E-state index is 12.3. The number of ether oxygens (including phenoxy) is 2. The SMILES string of the molecule is CCOc1ccc(C(=O)NCc2ccccc2C)cc1OC. The molecule has 2 rings (SSSR count). The van der Waals surface area contributed by atoms with Crippen molar-refractivity contribution in [2.45, 2.75) is 20.4 Å². The number of hydrogen-bond acceptors (Lipinski definition) is 3. The van der Waals surface area contributed by atoms with Crippen molar-refractivity contribution in [2.75, 3.05) is 13.7 Å². The summed E-state index contributed by atoms with van der Waals surface area (Å²) in [7, 11) is 1.56. The highest BCUT2D eigenvalue weighted by molar-refractivity contribution is 5.94. The van der Waals surface area contributed by atoms with E-state index in [-0.39, 0.29) is 5.91 Å². The van der Waals surface area contributed by atoms with Crippen LogP contribution in [0.4, 0.5) is 0 Å². The second-order valence-corrected chi connectivity index (χ2v) is 4.91. The first-order valence-electron chi connectivity index (χ1n) is 7.29. The minimum absolute atomic E-state index is 0.135. The average molecular weight is 299 g/mol. The summed E-state index contributed by atoms with van der Waals surface area (Å²) in [5.41, 5.74) is 2.81. The molecule has 0 atom stereocenters. The van der Waals surface area contributed by atoms with E-state index in [0.717, 1.165) is 11.1 Å². The normalized spacial score (nSPS) is 10.1. The van der Waals surface area contributed by atoms with Gasteiger partial charge in [0.25, 0.3) is 5.91 Å². The Morgan fingerprint density at radius 2 is 1.91 bits per heavy atom. The molecule has 0 bridgehead atoms. The number of hydrogen-bond donors (Lipinski definition) is 1. The van der Waals surface area contributed by atoms with Crippen LogP contribution in [0.3, 0.4) is 0 Å². The second kappa shape index (κ2) is 7.50. The molecule has 0 aliphatic rings. The molecule has 0 saturated carbocycles. The Labute approximate surface area is 131 Å². The third-order valence-electron chi connectivity index (χ3n) is 3.43. The summed E-state index contributed by atoms with van der Waals surface area (Å²) in [6, 6.07) is 13.2. The molecule has 0 spiro atoms. The molecule has 1 N–H and O–H groups in total. The third kappa shape index (κ3) is 3.79. The maximum Gasteiger partial charge on any atom is 0.251 e. The minimum Gasteiger partial charge on any atom is -0.493 e. The van der Waals surface area contributed by atoms with Crippen LogP contribution in [0.15, 0.2) is 42.5 Å². The van der Waals surface area contributed by atoms with Gasteiger partial charge in [-0.1, -0.05) is 24.3 Å². The van der Waals surface area contributed by atoms with Crippen LogP contribution in [0.2, 0.25) is 0 Å². The van der Waals surface area contributed by atoms with Gasteiger partial charge in [0.15, 0.2) is 11.5 Å². The standard InChI is InChI=1S/C18H21NO3/c1-4-22-16-10-9-14(11-17(16)21-3)18(20)19-12-15-8-6-5-7-13(15)2/h5-11H,4,12H2,1-3H3,(H,19,20). The zero-order valence-corrected chi connectivity index (χ0v) is 13.2. The maximum atomic E-state index is 12.3. The molecule has 0 fully saturated rings. The van der Waals surface area contributed by atoms with Gasteiger partial charge >= 0.3 is 0 Å². The van der Waals surface area contributed by atoms with Crippen LogP contribution < -0.4 is 14.8 Å². The predicted molar refractivity (Wildman–Crippen MR) is 86.5 cm³/mol. The van der Waals surface area contributed by atoms with E-state index in [2.05, 4.69) is 5.32 Å². The quantitative estimate of drug-likeness (QED) is 0.890. The van der Waals surface area contributed by atoms with Crippen molar-refractivity contribution in [1.29, 1.82) is 0 Å². The molecule has 4 nitrogen and oxygen atoms in total. The van der Waals surface area contributed by atoms with Gasteiger partial charge in [0, 0.05) is 12.1 Å². The largest absolute Gasteiger partial charge is 0.493 e. The average Bonchev–Trinajstić information content (AvgIpc) is 2.54. The molecule has 4 heteroatoms. The van der Waals surface area contributed by atoms with Crippen LogP contribution >= 0.6 is 0 Å². The third-order valence-corrected chi connectivity index (χ3v) is 3.43. The molecule has 0 aromatic heterocycles. The zero-order chi connectivity index (χ0) is 15.9. The van der Waals surface area contributed by atoms with Crippen molar-refractivity contribution in [3.8, 4) is 11.5 Å². The lowest BCUT2D eigenvalue weighted by Gasteiger charge is -2.12. The summed E-state index contributed by atoms with van der Waals surface area (Å²) in [4.78, 5) is 12.3. The number of methoxy groups -OCH3 is 1. The van der Waals surface area contributed by atoms with Crippen molar-refractivity contribution in [3.63, 3.8) is 0 Å². The van der Waals surface area contributed by atoms with Crippen LogP contribution in [0, 0.1) is 6.92 Å². The number of nitrogens with one attached hydrogen (secondary N) is 1. The number of benzene rings is 2. The molecule has 0 aliphatic heterocycles. The molecule has 0 unspecified atom stereocenters. The van der Waals surface area contributed by atoms with Crippen molar-refractivity contribution in [1.82, 2.24) is 5.32 Å². The topological polar surface area (TPSA) is 47.6 Å². The minimum atomic E-state index is -0.135. The highest BCUT2D eigenvalue weighted by atomic mass is 16.5. The van der Waals surface area contributed by atoms with E-state index in [1.165, 1.54) is 0 Å². The Bertz CT molecular complexity index is 653. The lowest BCUT2D eigenvalue weighted by Crippen LogP contribution is -2.23. The van der Waals surface area contributed by atoms with Gasteiger partial charge in [-0.25, -0.2) is 0 Å². The van der Waals surface area contributed by atoms with Crippen LogP contribution in [-0.2, 0) is 6.54 Å². The number of carbonyl (C=O) groups excluding carboxylic acids is 1. The number of amides is 1. The Balaban J connectivity index is 2.08. The van der Waals surface area contributed by atoms with Gasteiger partial charge < -0.3 is 14.8 Å². The Hall–Kier alpha value is -2.49. The fourth-order valence-corrected chi connectivity index (χ4v) is 2.17. The first-order chi connectivity index (χ1) is 10.7. The molecule has 22 heavy (non-hydrogen) atoms. The summed E-state index contributed by atoms with van der Waals surface area (Å²) in [5.74, 6) is 1.07. The summed E-state index contributed by atoms with van der Waals surface area (Å²) in [5, 5.41) is 2.92. The monoisotopic (exact) mass is 299 g/mol. The van der Waals surface area contributed by atoms with E-state index >= 15 is 0 Å².